The fourth-order valence-electron chi connectivity index (χ4n) is 2.38. The van der Waals surface area contributed by atoms with Crippen LogP contribution in [0.2, 0.25) is 0 Å². The summed E-state index contributed by atoms with van der Waals surface area (Å²) >= 11 is 0. The fourth-order valence-corrected chi connectivity index (χ4v) is 2.38. The first-order valence-electron chi connectivity index (χ1n) is 7.52. The number of halogens is 3. The number of nitrogens with two attached hydrogens (primary N) is 1. The molecule has 25 heavy (non-hydrogen) atoms. The van der Waals surface area contributed by atoms with E-state index in [2.05, 4.69) is 4.74 Å². The Labute approximate surface area is 143 Å². The van der Waals surface area contributed by atoms with Crippen molar-refractivity contribution in [2.75, 3.05) is 12.1 Å². The topological polar surface area (TPSA) is 68.0 Å². The van der Waals surface area contributed by atoms with Crippen molar-refractivity contribution in [2.45, 2.75) is 26.3 Å². The molecule has 0 fully saturated rings. The van der Waals surface area contributed by atoms with Gasteiger partial charge in [0, 0.05) is 7.05 Å². The SMILES string of the molecule is CCc1cc(O)ccc1OCc1c(OC(F)(F)F)cccc1N(C)N. The van der Waals surface area contributed by atoms with Crippen LogP contribution in [0.4, 0.5) is 18.9 Å². The lowest BCUT2D eigenvalue weighted by molar-refractivity contribution is -0.275. The van der Waals surface area contributed by atoms with Gasteiger partial charge in [-0.1, -0.05) is 13.0 Å². The lowest BCUT2D eigenvalue weighted by Crippen LogP contribution is -2.27. The van der Waals surface area contributed by atoms with Crippen molar-refractivity contribution in [2.24, 2.45) is 5.84 Å². The van der Waals surface area contributed by atoms with E-state index in [1.807, 2.05) is 6.92 Å². The van der Waals surface area contributed by atoms with E-state index in [0.717, 1.165) is 5.56 Å². The molecular weight excluding hydrogens is 337 g/mol. The molecular formula is C17H19F3N2O3. The second-order valence-corrected chi connectivity index (χ2v) is 5.35. The first-order chi connectivity index (χ1) is 11.7. The highest BCUT2D eigenvalue weighted by molar-refractivity contribution is 5.58. The summed E-state index contributed by atoms with van der Waals surface area (Å²) in [5, 5.41) is 10.7. The van der Waals surface area contributed by atoms with Crippen molar-refractivity contribution >= 4 is 5.69 Å². The van der Waals surface area contributed by atoms with Crippen LogP contribution in [0.1, 0.15) is 18.1 Å². The van der Waals surface area contributed by atoms with E-state index in [-0.39, 0.29) is 23.7 Å². The van der Waals surface area contributed by atoms with Crippen LogP contribution in [-0.2, 0) is 13.0 Å². The van der Waals surface area contributed by atoms with E-state index in [0.29, 0.717) is 17.9 Å². The van der Waals surface area contributed by atoms with Gasteiger partial charge in [-0.15, -0.1) is 13.2 Å². The van der Waals surface area contributed by atoms with Crippen molar-refractivity contribution in [3.8, 4) is 17.2 Å². The number of hydrogen-bond acceptors (Lipinski definition) is 5. The first kappa shape index (κ1) is 18.7. The molecule has 0 radical (unpaired) electrons. The van der Waals surface area contributed by atoms with Gasteiger partial charge < -0.3 is 19.6 Å². The second-order valence-electron chi connectivity index (χ2n) is 5.35. The minimum Gasteiger partial charge on any atom is -0.508 e. The summed E-state index contributed by atoms with van der Waals surface area (Å²) in [7, 11) is 1.51. The van der Waals surface area contributed by atoms with E-state index < -0.39 is 6.36 Å². The van der Waals surface area contributed by atoms with Crippen LogP contribution in [0.15, 0.2) is 36.4 Å². The Morgan fingerprint density at radius 3 is 2.48 bits per heavy atom. The van der Waals surface area contributed by atoms with Crippen LogP contribution in [0.5, 0.6) is 17.2 Å². The Kier molecular flexibility index (Phi) is 5.63. The van der Waals surface area contributed by atoms with E-state index in [1.165, 1.54) is 30.3 Å². The third kappa shape index (κ3) is 4.93. The highest BCUT2D eigenvalue weighted by atomic mass is 19.4. The molecule has 0 aliphatic heterocycles. The number of phenols is 1. The number of ether oxygens (including phenoxy) is 2. The van der Waals surface area contributed by atoms with E-state index in [9.17, 15) is 18.3 Å². The molecule has 0 saturated carbocycles. The predicted molar refractivity (Wildman–Crippen MR) is 87.5 cm³/mol. The number of aryl methyl sites for hydroxylation is 1. The van der Waals surface area contributed by atoms with E-state index >= 15 is 0 Å². The molecule has 0 amide bonds. The van der Waals surface area contributed by atoms with Crippen LogP contribution in [0.3, 0.4) is 0 Å². The monoisotopic (exact) mass is 356 g/mol. The summed E-state index contributed by atoms with van der Waals surface area (Å²) in [5.41, 5.74) is 1.25. The standard InChI is InChI=1S/C17H19F3N2O3/c1-3-11-9-12(23)7-8-15(11)24-10-13-14(22(2)21)5-4-6-16(13)25-17(18,19)20/h4-9,23H,3,10,21H2,1-2H3. The minimum absolute atomic E-state index is 0.0902. The third-order valence-electron chi connectivity index (χ3n) is 3.51. The number of anilines is 1. The highest BCUT2D eigenvalue weighted by Gasteiger charge is 2.32. The van der Waals surface area contributed by atoms with Gasteiger partial charge >= 0.3 is 6.36 Å². The predicted octanol–water partition coefficient (Wildman–Crippen LogP) is 3.74. The summed E-state index contributed by atoms with van der Waals surface area (Å²) < 4.78 is 47.7. The molecule has 2 aromatic carbocycles. The zero-order valence-electron chi connectivity index (χ0n) is 13.8. The number of aromatic hydroxyl groups is 1. The minimum atomic E-state index is -4.83. The average molecular weight is 356 g/mol. The van der Waals surface area contributed by atoms with Crippen molar-refractivity contribution in [1.29, 1.82) is 0 Å². The molecule has 136 valence electrons. The molecule has 0 spiro atoms. The Bertz CT molecular complexity index is 734. The largest absolute Gasteiger partial charge is 0.573 e. The molecule has 0 aromatic heterocycles. The van der Waals surface area contributed by atoms with Gasteiger partial charge in [0.05, 0.1) is 11.3 Å². The number of rotatable bonds is 6. The summed E-state index contributed by atoms with van der Waals surface area (Å²) in [6.07, 6.45) is -4.23. The van der Waals surface area contributed by atoms with E-state index in [1.54, 1.807) is 18.2 Å². The van der Waals surface area contributed by atoms with Crippen molar-refractivity contribution < 1.29 is 27.8 Å². The smallest absolute Gasteiger partial charge is 0.508 e. The maximum Gasteiger partial charge on any atom is 0.573 e. The van der Waals surface area contributed by atoms with Crippen molar-refractivity contribution in [3.63, 3.8) is 0 Å². The Balaban J connectivity index is 2.34. The van der Waals surface area contributed by atoms with E-state index in [4.69, 9.17) is 10.6 Å². The number of hydrogen-bond donors (Lipinski definition) is 2. The Morgan fingerprint density at radius 2 is 1.88 bits per heavy atom. The molecule has 2 rings (SSSR count). The highest BCUT2D eigenvalue weighted by Crippen LogP contribution is 2.34. The number of alkyl halides is 3. The van der Waals surface area contributed by atoms with Crippen LogP contribution >= 0.6 is 0 Å². The number of phenolic OH excluding ortho intramolecular Hbond substituents is 1. The van der Waals surface area contributed by atoms with Gasteiger partial charge in [-0.3, -0.25) is 0 Å². The van der Waals surface area contributed by atoms with Gasteiger partial charge in [0.2, 0.25) is 0 Å². The quantitative estimate of drug-likeness (QED) is 0.610. The molecule has 2 aromatic rings. The number of benzene rings is 2. The maximum atomic E-state index is 12.6. The Hall–Kier alpha value is -2.61. The lowest BCUT2D eigenvalue weighted by atomic mass is 10.1. The lowest BCUT2D eigenvalue weighted by Gasteiger charge is -2.21. The normalized spacial score (nSPS) is 11.3. The molecule has 0 atom stereocenters. The average Bonchev–Trinajstić information content (AvgIpc) is 2.52. The van der Waals surface area contributed by atoms with Gasteiger partial charge in [0.25, 0.3) is 0 Å². The van der Waals surface area contributed by atoms with Crippen LogP contribution in [0, 0.1) is 0 Å². The molecule has 5 nitrogen and oxygen atoms in total. The molecule has 3 N–H and O–H groups in total. The summed E-state index contributed by atoms with van der Waals surface area (Å²) in [5.74, 6) is 5.88. The first-order valence-corrected chi connectivity index (χ1v) is 7.52. The molecule has 0 saturated heterocycles. The van der Waals surface area contributed by atoms with Gasteiger partial charge in [-0.25, -0.2) is 5.84 Å². The zero-order valence-corrected chi connectivity index (χ0v) is 13.8. The van der Waals surface area contributed by atoms with Gasteiger partial charge in [-0.2, -0.15) is 0 Å². The van der Waals surface area contributed by atoms with Crippen LogP contribution in [-0.4, -0.2) is 18.5 Å². The van der Waals surface area contributed by atoms with Crippen LogP contribution in [0.25, 0.3) is 0 Å². The third-order valence-corrected chi connectivity index (χ3v) is 3.51. The zero-order chi connectivity index (χ0) is 18.6. The van der Waals surface area contributed by atoms with Gasteiger partial charge in [0.15, 0.2) is 0 Å². The van der Waals surface area contributed by atoms with Crippen molar-refractivity contribution in [1.82, 2.24) is 0 Å². The molecule has 0 unspecified atom stereocenters. The van der Waals surface area contributed by atoms with Gasteiger partial charge in [0.1, 0.15) is 23.9 Å². The second kappa shape index (κ2) is 7.52. The van der Waals surface area contributed by atoms with Crippen molar-refractivity contribution in [3.05, 3.63) is 47.5 Å². The molecule has 0 bridgehead atoms. The summed E-state index contributed by atoms with van der Waals surface area (Å²) in [6.45, 7) is 1.70. The number of hydrazine groups is 1. The van der Waals surface area contributed by atoms with Crippen LogP contribution < -0.4 is 20.3 Å². The summed E-state index contributed by atoms with van der Waals surface area (Å²) in [4.78, 5) is 0. The molecule has 8 heteroatoms. The molecule has 0 heterocycles. The Morgan fingerprint density at radius 1 is 1.16 bits per heavy atom. The molecule has 0 aliphatic rings. The van der Waals surface area contributed by atoms with Gasteiger partial charge in [-0.05, 0) is 42.3 Å². The molecule has 0 aliphatic carbocycles. The fraction of sp³-hybridized carbons (Fsp3) is 0.294. The summed E-state index contributed by atoms with van der Waals surface area (Å²) in [6, 6.07) is 8.75. The number of nitrogens with zero attached hydrogens (tertiary/aromatic N) is 1. The maximum absolute atomic E-state index is 12.6.